The zero-order valence-electron chi connectivity index (χ0n) is 16.8. The Morgan fingerprint density at radius 2 is 1.90 bits per heavy atom. The second-order valence-corrected chi connectivity index (χ2v) is 7.98. The van der Waals surface area contributed by atoms with Gasteiger partial charge in [-0.25, -0.2) is 0 Å². The Morgan fingerprint density at radius 3 is 2.70 bits per heavy atom. The number of carbonyl (C=O) groups excluding carboxylic acids is 1. The van der Waals surface area contributed by atoms with Crippen LogP contribution < -0.4 is 19.5 Å². The van der Waals surface area contributed by atoms with Gasteiger partial charge in [0.05, 0.1) is 13.7 Å². The van der Waals surface area contributed by atoms with Gasteiger partial charge in [0.2, 0.25) is 5.91 Å². The van der Waals surface area contributed by atoms with Crippen LogP contribution in [0.3, 0.4) is 0 Å². The third-order valence-corrected chi connectivity index (χ3v) is 5.60. The average molecular weight is 425 g/mol. The highest BCUT2D eigenvalue weighted by molar-refractivity contribution is 7.09. The summed E-state index contributed by atoms with van der Waals surface area (Å²) in [6, 6.07) is 17.5. The van der Waals surface area contributed by atoms with Gasteiger partial charge in [-0.3, -0.25) is 9.69 Å². The number of methoxy groups -OCH3 is 1. The Labute approximate surface area is 180 Å². The predicted molar refractivity (Wildman–Crippen MR) is 117 cm³/mol. The molecular formula is C23H24N2O4S. The number of nitrogens with one attached hydrogen (secondary N) is 1. The molecule has 1 aliphatic heterocycles. The fraction of sp³-hybridized carbons (Fsp3) is 0.261. The number of hydrogen-bond acceptors (Lipinski definition) is 6. The molecule has 1 amide bonds. The average Bonchev–Trinajstić information content (AvgIpc) is 3.27. The number of rotatable bonds is 8. The number of carbonyl (C=O) groups is 1. The van der Waals surface area contributed by atoms with Crippen LogP contribution in [0.4, 0.5) is 5.69 Å². The lowest BCUT2D eigenvalue weighted by Crippen LogP contribution is -2.32. The van der Waals surface area contributed by atoms with E-state index in [1.165, 1.54) is 4.88 Å². The van der Waals surface area contributed by atoms with Crippen molar-refractivity contribution >= 4 is 22.9 Å². The largest absolute Gasteiger partial charge is 0.496 e. The van der Waals surface area contributed by atoms with Gasteiger partial charge in [-0.2, -0.15) is 0 Å². The van der Waals surface area contributed by atoms with Crippen molar-refractivity contribution in [2.75, 3.05) is 32.2 Å². The molecule has 0 unspecified atom stereocenters. The molecule has 30 heavy (non-hydrogen) atoms. The molecule has 6 nitrogen and oxygen atoms in total. The molecule has 3 aromatic rings. The van der Waals surface area contributed by atoms with Crippen LogP contribution in [0.1, 0.15) is 10.4 Å². The molecule has 0 radical (unpaired) electrons. The normalized spacial score (nSPS) is 12.6. The Kier molecular flexibility index (Phi) is 6.51. The quantitative estimate of drug-likeness (QED) is 0.588. The zero-order valence-corrected chi connectivity index (χ0v) is 17.6. The van der Waals surface area contributed by atoms with E-state index in [9.17, 15) is 4.79 Å². The Hall–Kier alpha value is -3.03. The molecule has 1 aromatic heterocycles. The number of hydrogen-bond donors (Lipinski definition) is 1. The topological polar surface area (TPSA) is 60.0 Å². The number of benzene rings is 2. The highest BCUT2D eigenvalue weighted by Crippen LogP contribution is 2.32. The van der Waals surface area contributed by atoms with Crippen LogP contribution in [0.5, 0.6) is 17.2 Å². The first-order valence-corrected chi connectivity index (χ1v) is 10.7. The van der Waals surface area contributed by atoms with Gasteiger partial charge in [0.15, 0.2) is 11.5 Å². The van der Waals surface area contributed by atoms with Gasteiger partial charge in [-0.15, -0.1) is 11.3 Å². The van der Waals surface area contributed by atoms with E-state index in [1.807, 2.05) is 47.8 Å². The van der Waals surface area contributed by atoms with E-state index in [0.29, 0.717) is 43.5 Å². The molecule has 4 rings (SSSR count). The summed E-state index contributed by atoms with van der Waals surface area (Å²) in [6.07, 6.45) is 0. The van der Waals surface area contributed by atoms with E-state index >= 15 is 0 Å². The first kappa shape index (κ1) is 20.3. The predicted octanol–water partition coefficient (Wildman–Crippen LogP) is 4.17. The fourth-order valence-corrected chi connectivity index (χ4v) is 4.14. The number of anilines is 1. The Bertz CT molecular complexity index is 991. The van der Waals surface area contributed by atoms with Crippen LogP contribution in [0, 0.1) is 0 Å². The van der Waals surface area contributed by atoms with Crippen LogP contribution in [-0.2, 0) is 17.9 Å². The molecule has 0 spiro atoms. The van der Waals surface area contributed by atoms with Crippen LogP contribution in [-0.4, -0.2) is 37.7 Å². The van der Waals surface area contributed by atoms with Crippen LogP contribution >= 0.6 is 11.3 Å². The number of nitrogens with zero attached hydrogens (tertiary/aromatic N) is 1. The van der Waals surface area contributed by atoms with Gasteiger partial charge >= 0.3 is 0 Å². The third kappa shape index (κ3) is 5.11. The van der Waals surface area contributed by atoms with Crippen LogP contribution in [0.2, 0.25) is 0 Å². The van der Waals surface area contributed by atoms with Gasteiger partial charge in [-0.05, 0) is 29.6 Å². The maximum absolute atomic E-state index is 12.8. The number of fused-ring (bicyclic) bond motifs is 1. The highest BCUT2D eigenvalue weighted by atomic mass is 32.1. The lowest BCUT2D eigenvalue weighted by molar-refractivity contribution is -0.117. The summed E-state index contributed by atoms with van der Waals surface area (Å²) in [7, 11) is 1.66. The van der Waals surface area contributed by atoms with Gasteiger partial charge in [-0.1, -0.05) is 24.3 Å². The SMILES string of the molecule is COc1ccccc1CN(CC(=O)Nc1ccc2c(c1)OCCO2)Cc1cccs1. The molecule has 7 heteroatoms. The molecule has 0 bridgehead atoms. The minimum atomic E-state index is -0.0851. The number of para-hydroxylation sites is 1. The molecule has 2 aromatic carbocycles. The summed E-state index contributed by atoms with van der Waals surface area (Å²) in [5, 5.41) is 5.02. The van der Waals surface area contributed by atoms with Gasteiger partial charge in [0.25, 0.3) is 0 Å². The summed E-state index contributed by atoms with van der Waals surface area (Å²) in [5.41, 5.74) is 1.74. The lowest BCUT2D eigenvalue weighted by Gasteiger charge is -2.23. The molecule has 2 heterocycles. The molecule has 0 atom stereocenters. The van der Waals surface area contributed by atoms with Gasteiger partial charge in [0, 0.05) is 35.3 Å². The van der Waals surface area contributed by atoms with Crippen molar-refractivity contribution in [1.82, 2.24) is 4.90 Å². The maximum atomic E-state index is 12.8. The second kappa shape index (κ2) is 9.65. The van der Waals surface area contributed by atoms with E-state index in [1.54, 1.807) is 24.5 Å². The van der Waals surface area contributed by atoms with Crippen molar-refractivity contribution in [3.63, 3.8) is 0 Å². The maximum Gasteiger partial charge on any atom is 0.238 e. The summed E-state index contributed by atoms with van der Waals surface area (Å²) < 4.78 is 16.6. The molecule has 0 saturated carbocycles. The monoisotopic (exact) mass is 424 g/mol. The summed E-state index contributed by atoms with van der Waals surface area (Å²) in [4.78, 5) is 16.1. The lowest BCUT2D eigenvalue weighted by atomic mass is 10.2. The summed E-state index contributed by atoms with van der Waals surface area (Å²) >= 11 is 1.68. The van der Waals surface area contributed by atoms with Crippen LogP contribution in [0.15, 0.2) is 60.0 Å². The third-order valence-electron chi connectivity index (χ3n) is 4.74. The molecule has 0 saturated heterocycles. The number of ether oxygens (including phenoxy) is 3. The first-order valence-electron chi connectivity index (χ1n) is 9.77. The second-order valence-electron chi connectivity index (χ2n) is 6.94. The highest BCUT2D eigenvalue weighted by Gasteiger charge is 2.17. The molecule has 156 valence electrons. The van der Waals surface area contributed by atoms with Crippen molar-refractivity contribution in [1.29, 1.82) is 0 Å². The van der Waals surface area contributed by atoms with Crippen molar-refractivity contribution < 1.29 is 19.0 Å². The van der Waals surface area contributed by atoms with Gasteiger partial charge in [0.1, 0.15) is 19.0 Å². The standard InChI is InChI=1S/C23H24N2O4S/c1-27-20-7-3-2-5-17(20)14-25(15-19-6-4-12-30-19)16-23(26)24-18-8-9-21-22(13-18)29-11-10-28-21/h2-9,12-13H,10-11,14-16H2,1H3,(H,24,26). The molecular weight excluding hydrogens is 400 g/mol. The Morgan fingerprint density at radius 1 is 1.07 bits per heavy atom. The van der Waals surface area contributed by atoms with Gasteiger partial charge < -0.3 is 19.5 Å². The van der Waals surface area contributed by atoms with Crippen molar-refractivity contribution in [3.05, 3.63) is 70.4 Å². The van der Waals surface area contributed by atoms with E-state index in [4.69, 9.17) is 14.2 Å². The summed E-state index contributed by atoms with van der Waals surface area (Å²) in [6.45, 7) is 2.60. The molecule has 0 aliphatic carbocycles. The van der Waals surface area contributed by atoms with Crippen molar-refractivity contribution in [2.24, 2.45) is 0 Å². The summed E-state index contributed by atoms with van der Waals surface area (Å²) in [5.74, 6) is 2.09. The smallest absolute Gasteiger partial charge is 0.238 e. The minimum Gasteiger partial charge on any atom is -0.496 e. The number of amides is 1. The van der Waals surface area contributed by atoms with Crippen molar-refractivity contribution in [2.45, 2.75) is 13.1 Å². The first-order chi connectivity index (χ1) is 14.7. The molecule has 0 fully saturated rings. The van der Waals surface area contributed by atoms with E-state index in [2.05, 4.69) is 16.3 Å². The molecule has 1 N–H and O–H groups in total. The van der Waals surface area contributed by atoms with Crippen LogP contribution in [0.25, 0.3) is 0 Å². The van der Waals surface area contributed by atoms with E-state index < -0.39 is 0 Å². The fourth-order valence-electron chi connectivity index (χ4n) is 3.39. The minimum absolute atomic E-state index is 0.0851. The Balaban J connectivity index is 1.46. The zero-order chi connectivity index (χ0) is 20.8. The van der Waals surface area contributed by atoms with E-state index in [0.717, 1.165) is 11.3 Å². The molecule has 1 aliphatic rings. The van der Waals surface area contributed by atoms with Crippen molar-refractivity contribution in [3.8, 4) is 17.2 Å². The van der Waals surface area contributed by atoms with E-state index in [-0.39, 0.29) is 12.5 Å². The number of thiophene rings is 1.